The van der Waals surface area contributed by atoms with E-state index in [9.17, 15) is 9.18 Å². The van der Waals surface area contributed by atoms with Crippen LogP contribution in [0.3, 0.4) is 0 Å². The van der Waals surface area contributed by atoms with E-state index in [0.717, 1.165) is 35.2 Å². The van der Waals surface area contributed by atoms with Crippen LogP contribution in [0.5, 0.6) is 0 Å². The number of carbonyl (C=O) groups is 1. The van der Waals surface area contributed by atoms with Crippen molar-refractivity contribution in [1.29, 1.82) is 0 Å². The summed E-state index contributed by atoms with van der Waals surface area (Å²) in [6.07, 6.45) is 0. The van der Waals surface area contributed by atoms with Gasteiger partial charge in [0.2, 0.25) is 5.91 Å². The molecule has 152 valence electrons. The molecule has 0 bridgehead atoms. The Morgan fingerprint density at radius 2 is 1.86 bits per heavy atom. The maximum absolute atomic E-state index is 13.4. The van der Waals surface area contributed by atoms with Crippen molar-refractivity contribution in [2.75, 3.05) is 32.8 Å². The average Bonchev–Trinajstić information content (AvgIpc) is 3.05. The van der Waals surface area contributed by atoms with Crippen molar-refractivity contribution in [3.05, 3.63) is 71.7 Å². The fraction of sp³-hybridized carbons (Fsp3) is 0.348. The SMILES string of the molecule is Cc1cc2ccccc2n1CC(=O)NC[C@H](c1ccc(F)cc1)N1CCOCC1. The van der Waals surface area contributed by atoms with E-state index in [4.69, 9.17) is 4.74 Å². The highest BCUT2D eigenvalue weighted by Gasteiger charge is 2.23. The quantitative estimate of drug-likeness (QED) is 0.697. The van der Waals surface area contributed by atoms with E-state index in [1.165, 1.54) is 12.1 Å². The zero-order chi connectivity index (χ0) is 20.2. The number of amides is 1. The first-order valence-electron chi connectivity index (χ1n) is 10.0. The van der Waals surface area contributed by atoms with Gasteiger partial charge in [-0.1, -0.05) is 30.3 Å². The standard InChI is InChI=1S/C23H26FN3O2/c1-17-14-19-4-2-3-5-21(19)27(17)16-23(28)25-15-22(26-10-12-29-13-11-26)18-6-8-20(24)9-7-18/h2-9,14,22H,10-13,15-16H2,1H3,(H,25,28)/t22-/m1/s1. The molecule has 1 N–H and O–H groups in total. The summed E-state index contributed by atoms with van der Waals surface area (Å²) in [7, 11) is 0. The molecule has 0 aliphatic carbocycles. The smallest absolute Gasteiger partial charge is 0.240 e. The molecule has 1 atom stereocenters. The molecule has 3 aromatic rings. The molecule has 6 heteroatoms. The number of para-hydroxylation sites is 1. The highest BCUT2D eigenvalue weighted by Crippen LogP contribution is 2.22. The van der Waals surface area contributed by atoms with Gasteiger partial charge in [-0.05, 0) is 42.1 Å². The van der Waals surface area contributed by atoms with E-state index in [1.54, 1.807) is 12.1 Å². The molecule has 5 nitrogen and oxygen atoms in total. The molecular weight excluding hydrogens is 369 g/mol. The van der Waals surface area contributed by atoms with E-state index < -0.39 is 0 Å². The van der Waals surface area contributed by atoms with Crippen LogP contribution in [0.1, 0.15) is 17.3 Å². The van der Waals surface area contributed by atoms with Crippen LogP contribution in [0, 0.1) is 12.7 Å². The summed E-state index contributed by atoms with van der Waals surface area (Å²) < 4.78 is 20.9. The number of halogens is 1. The number of rotatable bonds is 6. The highest BCUT2D eigenvalue weighted by atomic mass is 19.1. The van der Waals surface area contributed by atoms with E-state index in [2.05, 4.69) is 22.3 Å². The Morgan fingerprint density at radius 3 is 2.62 bits per heavy atom. The highest BCUT2D eigenvalue weighted by molar-refractivity contribution is 5.84. The molecule has 2 aromatic carbocycles. The predicted molar refractivity (Wildman–Crippen MR) is 111 cm³/mol. The molecule has 1 aliphatic heterocycles. The van der Waals surface area contributed by atoms with E-state index in [1.807, 2.05) is 29.7 Å². The second-order valence-corrected chi connectivity index (χ2v) is 7.45. The van der Waals surface area contributed by atoms with Crippen LogP contribution in [-0.2, 0) is 16.1 Å². The maximum atomic E-state index is 13.4. The van der Waals surface area contributed by atoms with Crippen LogP contribution in [-0.4, -0.2) is 48.2 Å². The van der Waals surface area contributed by atoms with E-state index in [0.29, 0.717) is 19.8 Å². The average molecular weight is 395 g/mol. The Morgan fingerprint density at radius 1 is 1.14 bits per heavy atom. The van der Waals surface area contributed by atoms with Gasteiger partial charge in [-0.2, -0.15) is 0 Å². The minimum Gasteiger partial charge on any atom is -0.379 e. The Balaban J connectivity index is 1.47. The molecule has 1 amide bonds. The third-order valence-corrected chi connectivity index (χ3v) is 5.55. The Kier molecular flexibility index (Phi) is 5.92. The first kappa shape index (κ1) is 19.6. The number of nitrogens with one attached hydrogen (secondary N) is 1. The van der Waals surface area contributed by atoms with Crippen LogP contribution < -0.4 is 5.32 Å². The molecule has 1 saturated heterocycles. The first-order chi connectivity index (χ1) is 14.1. The number of morpholine rings is 1. The Hall–Kier alpha value is -2.70. The van der Waals surface area contributed by atoms with Gasteiger partial charge in [-0.25, -0.2) is 4.39 Å². The van der Waals surface area contributed by atoms with Gasteiger partial charge in [0.15, 0.2) is 0 Å². The third kappa shape index (κ3) is 4.49. The third-order valence-electron chi connectivity index (χ3n) is 5.55. The molecule has 2 heterocycles. The van der Waals surface area contributed by atoms with Crippen molar-refractivity contribution < 1.29 is 13.9 Å². The van der Waals surface area contributed by atoms with Crippen LogP contribution in [0.2, 0.25) is 0 Å². The molecule has 1 aliphatic rings. The number of aryl methyl sites for hydroxylation is 1. The van der Waals surface area contributed by atoms with Gasteiger partial charge in [0.05, 0.1) is 19.3 Å². The zero-order valence-corrected chi connectivity index (χ0v) is 16.6. The summed E-state index contributed by atoms with van der Waals surface area (Å²) in [4.78, 5) is 15.0. The predicted octanol–water partition coefficient (Wildman–Crippen LogP) is 3.28. The van der Waals surface area contributed by atoms with Crippen molar-refractivity contribution in [3.63, 3.8) is 0 Å². The second-order valence-electron chi connectivity index (χ2n) is 7.45. The number of hydrogen-bond donors (Lipinski definition) is 1. The van der Waals surface area contributed by atoms with Crippen LogP contribution >= 0.6 is 0 Å². The number of nitrogens with zero attached hydrogens (tertiary/aromatic N) is 2. The summed E-state index contributed by atoms with van der Waals surface area (Å²) in [5, 5.41) is 4.22. The number of aromatic nitrogens is 1. The lowest BCUT2D eigenvalue weighted by Crippen LogP contribution is -2.44. The van der Waals surface area contributed by atoms with Gasteiger partial charge in [-0.3, -0.25) is 9.69 Å². The zero-order valence-electron chi connectivity index (χ0n) is 16.6. The summed E-state index contributed by atoms with van der Waals surface area (Å²) in [6.45, 7) is 5.68. The summed E-state index contributed by atoms with van der Waals surface area (Å²) in [5.41, 5.74) is 3.12. The lowest BCUT2D eigenvalue weighted by molar-refractivity contribution is -0.122. The lowest BCUT2D eigenvalue weighted by atomic mass is 10.0. The minimum absolute atomic E-state index is 0.00838. The topological polar surface area (TPSA) is 46.5 Å². The molecule has 0 radical (unpaired) electrons. The van der Waals surface area contributed by atoms with Crippen molar-refractivity contribution in [2.45, 2.75) is 19.5 Å². The van der Waals surface area contributed by atoms with Crippen molar-refractivity contribution >= 4 is 16.8 Å². The lowest BCUT2D eigenvalue weighted by Gasteiger charge is -2.35. The van der Waals surface area contributed by atoms with Gasteiger partial charge in [0.1, 0.15) is 12.4 Å². The summed E-state index contributed by atoms with van der Waals surface area (Å²) >= 11 is 0. The number of benzene rings is 2. The van der Waals surface area contributed by atoms with Crippen molar-refractivity contribution in [2.24, 2.45) is 0 Å². The monoisotopic (exact) mass is 395 g/mol. The van der Waals surface area contributed by atoms with Crippen molar-refractivity contribution in [1.82, 2.24) is 14.8 Å². The molecule has 29 heavy (non-hydrogen) atoms. The number of carbonyl (C=O) groups excluding carboxylic acids is 1. The van der Waals surface area contributed by atoms with Gasteiger partial charge < -0.3 is 14.6 Å². The molecule has 0 spiro atoms. The van der Waals surface area contributed by atoms with E-state index >= 15 is 0 Å². The maximum Gasteiger partial charge on any atom is 0.240 e. The minimum atomic E-state index is -0.256. The molecule has 1 aromatic heterocycles. The van der Waals surface area contributed by atoms with E-state index in [-0.39, 0.29) is 24.3 Å². The van der Waals surface area contributed by atoms with Crippen LogP contribution in [0.4, 0.5) is 4.39 Å². The van der Waals surface area contributed by atoms with Gasteiger partial charge in [-0.15, -0.1) is 0 Å². The largest absolute Gasteiger partial charge is 0.379 e. The number of ether oxygens (including phenoxy) is 1. The Bertz CT molecular complexity index is 977. The molecular formula is C23H26FN3O2. The second kappa shape index (κ2) is 8.76. The van der Waals surface area contributed by atoms with Gasteiger partial charge in [0.25, 0.3) is 0 Å². The van der Waals surface area contributed by atoms with Gasteiger partial charge in [0, 0.05) is 30.8 Å². The molecule has 1 fully saturated rings. The normalized spacial score (nSPS) is 16.1. The molecule has 0 unspecified atom stereocenters. The van der Waals surface area contributed by atoms with Crippen LogP contribution in [0.15, 0.2) is 54.6 Å². The van der Waals surface area contributed by atoms with Gasteiger partial charge >= 0.3 is 0 Å². The fourth-order valence-electron chi connectivity index (χ4n) is 4.00. The number of hydrogen-bond acceptors (Lipinski definition) is 3. The first-order valence-corrected chi connectivity index (χ1v) is 10.0. The summed E-state index contributed by atoms with van der Waals surface area (Å²) in [6, 6.07) is 16.7. The van der Waals surface area contributed by atoms with Crippen molar-refractivity contribution in [3.8, 4) is 0 Å². The van der Waals surface area contributed by atoms with Crippen LogP contribution in [0.25, 0.3) is 10.9 Å². The molecule has 4 rings (SSSR count). The Labute approximate surface area is 170 Å². The summed E-state index contributed by atoms with van der Waals surface area (Å²) in [5.74, 6) is -0.289. The fourth-order valence-corrected chi connectivity index (χ4v) is 4.00. The molecule has 0 saturated carbocycles. The number of fused-ring (bicyclic) bond motifs is 1.